The van der Waals surface area contributed by atoms with Crippen molar-refractivity contribution < 1.29 is 13.2 Å². The van der Waals surface area contributed by atoms with Gasteiger partial charge in [-0.2, -0.15) is 0 Å². The van der Waals surface area contributed by atoms with E-state index in [1.165, 1.54) is 6.07 Å². The van der Waals surface area contributed by atoms with Gasteiger partial charge in [0.2, 0.25) is 5.91 Å². The van der Waals surface area contributed by atoms with E-state index in [1.54, 1.807) is 17.0 Å². The number of carbonyl (C=O) groups excluding carboxylic acids is 1. The van der Waals surface area contributed by atoms with Gasteiger partial charge in [0.05, 0.1) is 23.3 Å². The van der Waals surface area contributed by atoms with E-state index < -0.39 is 9.84 Å². The van der Waals surface area contributed by atoms with Gasteiger partial charge in [0.1, 0.15) is 0 Å². The number of nitrogens with zero attached hydrogens (tertiary/aromatic N) is 2. The number of para-hydroxylation sites is 1. The maximum atomic E-state index is 13.0. The van der Waals surface area contributed by atoms with Gasteiger partial charge in [0.15, 0.2) is 15.0 Å². The molecule has 0 unspecified atom stereocenters. The van der Waals surface area contributed by atoms with Crippen molar-refractivity contribution >= 4 is 33.2 Å². The van der Waals surface area contributed by atoms with Crippen LogP contribution < -0.4 is 10.5 Å². The fraction of sp³-hybridized carbons (Fsp3) is 0.421. The lowest BCUT2D eigenvalue weighted by Gasteiger charge is -2.28. The number of carbonyl (C=O) groups is 1. The molecular formula is C19H23N3O4S2. The summed E-state index contributed by atoms with van der Waals surface area (Å²) in [5, 5.41) is 0.399. The molecule has 3 rings (SSSR count). The minimum Gasteiger partial charge on any atom is -0.308 e. The first-order chi connectivity index (χ1) is 13.4. The predicted molar refractivity (Wildman–Crippen MR) is 111 cm³/mol. The first-order valence-electron chi connectivity index (χ1n) is 9.18. The Kier molecular flexibility index (Phi) is 6.56. The third-order valence-corrected chi connectivity index (χ3v) is 7.10. The quantitative estimate of drug-likeness (QED) is 0.542. The Bertz CT molecular complexity index is 990. The lowest BCUT2D eigenvalue weighted by Crippen LogP contribution is -2.42. The number of anilines is 1. The Hall–Kier alpha value is -2.13. The van der Waals surface area contributed by atoms with E-state index in [0.29, 0.717) is 29.4 Å². The van der Waals surface area contributed by atoms with Crippen LogP contribution in [0.25, 0.3) is 0 Å². The van der Waals surface area contributed by atoms with E-state index in [2.05, 4.69) is 9.97 Å². The molecule has 0 aliphatic carbocycles. The van der Waals surface area contributed by atoms with Crippen molar-refractivity contribution in [2.45, 2.75) is 37.4 Å². The SMILES string of the molecule is CCCc1cc(=O)[nH]c(SCC(=O)N(c2ccccc2)[C@H]2CCS(=O)(=O)C2)n1. The molecule has 0 bridgehead atoms. The molecule has 1 saturated heterocycles. The highest BCUT2D eigenvalue weighted by molar-refractivity contribution is 7.99. The number of sulfone groups is 1. The smallest absolute Gasteiger partial charge is 0.251 e. The Labute approximate surface area is 168 Å². The summed E-state index contributed by atoms with van der Waals surface area (Å²) in [7, 11) is -3.13. The molecule has 9 heteroatoms. The molecule has 1 fully saturated rings. The molecule has 0 saturated carbocycles. The van der Waals surface area contributed by atoms with Crippen LogP contribution in [0, 0.1) is 0 Å². The lowest BCUT2D eigenvalue weighted by atomic mass is 10.2. The van der Waals surface area contributed by atoms with Crippen LogP contribution in [-0.2, 0) is 21.1 Å². The molecule has 1 aliphatic heterocycles. The number of thioether (sulfide) groups is 1. The van der Waals surface area contributed by atoms with Crippen molar-refractivity contribution in [3.05, 3.63) is 52.4 Å². The summed E-state index contributed by atoms with van der Waals surface area (Å²) < 4.78 is 23.8. The number of amides is 1. The third kappa shape index (κ3) is 5.23. The number of hydrogen-bond acceptors (Lipinski definition) is 6. The Morgan fingerprint density at radius 1 is 1.32 bits per heavy atom. The van der Waals surface area contributed by atoms with E-state index >= 15 is 0 Å². The second-order valence-corrected chi connectivity index (χ2v) is 9.93. The van der Waals surface area contributed by atoms with E-state index in [-0.39, 0.29) is 34.8 Å². The summed E-state index contributed by atoms with van der Waals surface area (Å²) in [5.41, 5.74) is 1.13. The highest BCUT2D eigenvalue weighted by Crippen LogP contribution is 2.26. The molecule has 1 aromatic heterocycles. The molecule has 2 heterocycles. The van der Waals surface area contributed by atoms with Crippen LogP contribution in [0.2, 0.25) is 0 Å². The van der Waals surface area contributed by atoms with Crippen molar-refractivity contribution in [1.82, 2.24) is 9.97 Å². The normalized spacial score (nSPS) is 18.1. The molecule has 1 aromatic carbocycles. The van der Waals surface area contributed by atoms with Crippen molar-refractivity contribution in [3.63, 3.8) is 0 Å². The molecule has 1 atom stereocenters. The van der Waals surface area contributed by atoms with Crippen LogP contribution in [-0.4, -0.2) is 47.6 Å². The summed E-state index contributed by atoms with van der Waals surface area (Å²) in [6.45, 7) is 2.01. The molecular weight excluding hydrogens is 398 g/mol. The van der Waals surface area contributed by atoms with E-state index in [0.717, 1.165) is 18.2 Å². The fourth-order valence-electron chi connectivity index (χ4n) is 3.26. The standard InChI is InChI=1S/C19H23N3O4S2/c1-2-6-14-11-17(23)21-19(20-14)27-12-18(24)22(15-7-4-3-5-8-15)16-9-10-28(25,26)13-16/h3-5,7-8,11,16H,2,6,9-10,12-13H2,1H3,(H,20,21,23)/t16-/m0/s1. The van der Waals surface area contributed by atoms with Gasteiger partial charge in [-0.1, -0.05) is 43.3 Å². The topological polar surface area (TPSA) is 100 Å². The maximum Gasteiger partial charge on any atom is 0.251 e. The number of aromatic amines is 1. The second kappa shape index (κ2) is 8.91. The van der Waals surface area contributed by atoms with Crippen LogP contribution in [0.1, 0.15) is 25.5 Å². The maximum absolute atomic E-state index is 13.0. The van der Waals surface area contributed by atoms with Crippen molar-refractivity contribution in [1.29, 1.82) is 0 Å². The van der Waals surface area contributed by atoms with Gasteiger partial charge in [-0.15, -0.1) is 0 Å². The molecule has 150 valence electrons. The van der Waals surface area contributed by atoms with Crippen LogP contribution >= 0.6 is 11.8 Å². The fourth-order valence-corrected chi connectivity index (χ4v) is 5.72. The number of aryl methyl sites for hydroxylation is 1. The van der Waals surface area contributed by atoms with Crippen LogP contribution in [0.5, 0.6) is 0 Å². The molecule has 1 aliphatic rings. The van der Waals surface area contributed by atoms with Gasteiger partial charge < -0.3 is 9.88 Å². The number of nitrogens with one attached hydrogen (secondary N) is 1. The van der Waals surface area contributed by atoms with E-state index in [4.69, 9.17) is 0 Å². The zero-order valence-corrected chi connectivity index (χ0v) is 17.3. The van der Waals surface area contributed by atoms with E-state index in [1.807, 2.05) is 25.1 Å². The molecule has 28 heavy (non-hydrogen) atoms. The molecule has 7 nitrogen and oxygen atoms in total. The summed E-state index contributed by atoms with van der Waals surface area (Å²) in [5.74, 6) is -0.0829. The number of rotatable bonds is 7. The Morgan fingerprint density at radius 2 is 2.07 bits per heavy atom. The first-order valence-corrected chi connectivity index (χ1v) is 12.0. The largest absolute Gasteiger partial charge is 0.308 e. The van der Waals surface area contributed by atoms with Gasteiger partial charge in [-0.3, -0.25) is 9.59 Å². The number of aromatic nitrogens is 2. The van der Waals surface area contributed by atoms with Gasteiger partial charge >= 0.3 is 0 Å². The first kappa shape index (κ1) is 20.6. The van der Waals surface area contributed by atoms with Crippen LogP contribution in [0.15, 0.2) is 46.3 Å². The molecule has 0 spiro atoms. The van der Waals surface area contributed by atoms with Crippen molar-refractivity contribution in [3.8, 4) is 0 Å². The Balaban J connectivity index is 1.78. The molecule has 2 aromatic rings. The summed E-state index contributed by atoms with van der Waals surface area (Å²) in [4.78, 5) is 33.4. The van der Waals surface area contributed by atoms with Crippen molar-refractivity contribution in [2.24, 2.45) is 0 Å². The van der Waals surface area contributed by atoms with Gasteiger partial charge in [0, 0.05) is 17.4 Å². The number of H-pyrrole nitrogens is 1. The number of hydrogen-bond donors (Lipinski definition) is 1. The molecule has 1 amide bonds. The summed E-state index contributed by atoms with van der Waals surface area (Å²) in [6.07, 6.45) is 1.99. The average Bonchev–Trinajstić information content (AvgIpc) is 3.00. The highest BCUT2D eigenvalue weighted by Gasteiger charge is 2.35. The lowest BCUT2D eigenvalue weighted by molar-refractivity contribution is -0.116. The summed E-state index contributed by atoms with van der Waals surface area (Å²) >= 11 is 1.16. The van der Waals surface area contributed by atoms with Gasteiger partial charge in [-0.25, -0.2) is 13.4 Å². The minimum absolute atomic E-state index is 0.0284. The average molecular weight is 422 g/mol. The molecule has 1 N–H and O–H groups in total. The van der Waals surface area contributed by atoms with Gasteiger partial charge in [0.25, 0.3) is 5.56 Å². The highest BCUT2D eigenvalue weighted by atomic mass is 32.2. The summed E-state index contributed by atoms with van der Waals surface area (Å²) in [6, 6.07) is 10.2. The van der Waals surface area contributed by atoms with Crippen LogP contribution in [0.4, 0.5) is 5.69 Å². The van der Waals surface area contributed by atoms with E-state index in [9.17, 15) is 18.0 Å². The number of benzene rings is 1. The molecule has 0 radical (unpaired) electrons. The monoisotopic (exact) mass is 421 g/mol. The second-order valence-electron chi connectivity index (χ2n) is 6.74. The zero-order valence-electron chi connectivity index (χ0n) is 15.6. The predicted octanol–water partition coefficient (Wildman–Crippen LogP) is 2.03. The van der Waals surface area contributed by atoms with Gasteiger partial charge in [-0.05, 0) is 25.0 Å². The van der Waals surface area contributed by atoms with Crippen LogP contribution in [0.3, 0.4) is 0 Å². The third-order valence-electron chi connectivity index (χ3n) is 4.49. The van der Waals surface area contributed by atoms with Crippen molar-refractivity contribution in [2.75, 3.05) is 22.2 Å². The zero-order chi connectivity index (χ0) is 20.1. The minimum atomic E-state index is -3.13. The Morgan fingerprint density at radius 3 is 2.71 bits per heavy atom.